The van der Waals surface area contributed by atoms with Crippen LogP contribution in [0.3, 0.4) is 0 Å². The molecular weight excluding hydrogens is 510 g/mol. The van der Waals surface area contributed by atoms with Gasteiger partial charge in [0.1, 0.15) is 23.3 Å². The van der Waals surface area contributed by atoms with Crippen molar-refractivity contribution in [2.24, 2.45) is 0 Å². The molecule has 0 radical (unpaired) electrons. The number of anilines is 1. The maximum atomic E-state index is 6.46. The van der Waals surface area contributed by atoms with Gasteiger partial charge in [0.05, 0.1) is 18.3 Å². The van der Waals surface area contributed by atoms with Crippen molar-refractivity contribution in [1.29, 1.82) is 0 Å². The molecule has 34 heavy (non-hydrogen) atoms. The van der Waals surface area contributed by atoms with E-state index in [0.717, 1.165) is 38.7 Å². The third-order valence-electron chi connectivity index (χ3n) is 5.83. The number of ether oxygens (including phenoxy) is 1. The van der Waals surface area contributed by atoms with Crippen LogP contribution in [0.5, 0.6) is 5.75 Å². The van der Waals surface area contributed by atoms with Gasteiger partial charge in [-0.2, -0.15) is 0 Å². The molecule has 4 aromatic rings. The van der Waals surface area contributed by atoms with E-state index in [1.165, 1.54) is 5.56 Å². The summed E-state index contributed by atoms with van der Waals surface area (Å²) in [5, 5.41) is 4.09. The number of pyridine rings is 1. The Morgan fingerprint density at radius 3 is 2.62 bits per heavy atom. The first-order valence-corrected chi connectivity index (χ1v) is 12.3. The van der Waals surface area contributed by atoms with Gasteiger partial charge < -0.3 is 19.4 Å². The molecular formula is C27H24BrN3O2S. The monoisotopic (exact) mass is 533 g/mol. The smallest absolute Gasteiger partial charge is 0.174 e. The molecule has 7 heteroatoms. The first-order chi connectivity index (χ1) is 16.5. The number of benzene rings is 2. The standard InChI is InChI=1S/C27H24BrN3O2S/c1-3-32-19-10-8-18(9-11-19)31-26(25(30-27(31)34)22-6-4-5-15-29-22)24-14-13-23(33-24)20-12-7-17(2)16-21(20)28/h4-16,25-26H,3H2,1-2H3,(H,30,34)/t25-,26-/m0/s1. The second-order valence-electron chi connectivity index (χ2n) is 8.11. The number of nitrogens with zero attached hydrogens (tertiary/aromatic N) is 2. The number of aromatic nitrogens is 1. The van der Waals surface area contributed by atoms with E-state index in [2.05, 4.69) is 56.3 Å². The highest BCUT2D eigenvalue weighted by Crippen LogP contribution is 2.43. The molecule has 0 saturated carbocycles. The van der Waals surface area contributed by atoms with Crippen LogP contribution in [-0.4, -0.2) is 16.7 Å². The van der Waals surface area contributed by atoms with Crippen molar-refractivity contribution in [3.8, 4) is 17.1 Å². The van der Waals surface area contributed by atoms with Gasteiger partial charge in [-0.05, 0) is 92.3 Å². The molecule has 0 unspecified atom stereocenters. The average molecular weight is 534 g/mol. The Bertz CT molecular complexity index is 1310. The molecule has 0 bridgehead atoms. The van der Waals surface area contributed by atoms with Gasteiger partial charge in [-0.25, -0.2) is 0 Å². The van der Waals surface area contributed by atoms with E-state index in [1.807, 2.05) is 61.5 Å². The molecule has 1 fully saturated rings. The highest BCUT2D eigenvalue weighted by molar-refractivity contribution is 9.10. The van der Waals surface area contributed by atoms with Crippen molar-refractivity contribution in [3.63, 3.8) is 0 Å². The summed E-state index contributed by atoms with van der Waals surface area (Å²) in [5.41, 5.74) is 4.05. The fraction of sp³-hybridized carbons (Fsp3) is 0.185. The van der Waals surface area contributed by atoms with E-state index < -0.39 is 0 Å². The molecule has 172 valence electrons. The zero-order chi connectivity index (χ0) is 23.7. The Balaban J connectivity index is 1.57. The maximum absolute atomic E-state index is 6.46. The van der Waals surface area contributed by atoms with E-state index in [1.54, 1.807) is 6.20 Å². The number of thiocarbonyl (C=S) groups is 1. The fourth-order valence-electron chi connectivity index (χ4n) is 4.27. The summed E-state index contributed by atoms with van der Waals surface area (Å²) in [7, 11) is 0. The Labute approximate surface area is 212 Å². The predicted octanol–water partition coefficient (Wildman–Crippen LogP) is 6.99. The van der Waals surface area contributed by atoms with Gasteiger partial charge in [-0.1, -0.05) is 28.1 Å². The number of furan rings is 1. The highest BCUT2D eigenvalue weighted by Gasteiger charge is 2.42. The molecule has 1 saturated heterocycles. The number of aryl methyl sites for hydroxylation is 1. The van der Waals surface area contributed by atoms with Crippen LogP contribution in [0, 0.1) is 6.92 Å². The first kappa shape index (κ1) is 22.6. The van der Waals surface area contributed by atoms with Crippen LogP contribution in [0.1, 0.15) is 36.0 Å². The van der Waals surface area contributed by atoms with Gasteiger partial charge in [0.25, 0.3) is 0 Å². The normalized spacial score (nSPS) is 17.6. The topological polar surface area (TPSA) is 50.5 Å². The molecule has 0 spiro atoms. The second kappa shape index (κ2) is 9.60. The fourth-order valence-corrected chi connectivity index (χ4v) is 5.30. The lowest BCUT2D eigenvalue weighted by molar-refractivity contribution is 0.340. The molecule has 5 rings (SSSR count). The second-order valence-corrected chi connectivity index (χ2v) is 9.35. The van der Waals surface area contributed by atoms with Crippen LogP contribution in [0.15, 0.2) is 87.9 Å². The largest absolute Gasteiger partial charge is 0.494 e. The van der Waals surface area contributed by atoms with Gasteiger partial charge in [-0.3, -0.25) is 4.98 Å². The SMILES string of the molecule is CCOc1ccc(N2C(=S)N[C@@H](c3ccccn3)[C@@H]2c2ccc(-c3ccc(C)cc3Br)o2)cc1. The molecule has 0 amide bonds. The van der Waals surface area contributed by atoms with Gasteiger partial charge in [0, 0.05) is 21.9 Å². The van der Waals surface area contributed by atoms with Crippen LogP contribution in [0.25, 0.3) is 11.3 Å². The Kier molecular flexibility index (Phi) is 6.39. The minimum Gasteiger partial charge on any atom is -0.494 e. The highest BCUT2D eigenvalue weighted by atomic mass is 79.9. The third-order valence-corrected chi connectivity index (χ3v) is 6.80. The lowest BCUT2D eigenvalue weighted by Crippen LogP contribution is -2.29. The van der Waals surface area contributed by atoms with Crippen molar-refractivity contribution >= 4 is 38.9 Å². The number of hydrogen-bond donors (Lipinski definition) is 1. The van der Waals surface area contributed by atoms with Crippen molar-refractivity contribution in [2.45, 2.75) is 25.9 Å². The summed E-state index contributed by atoms with van der Waals surface area (Å²) in [6, 6.07) is 23.8. The van der Waals surface area contributed by atoms with E-state index in [0.29, 0.717) is 11.7 Å². The van der Waals surface area contributed by atoms with Crippen molar-refractivity contribution in [2.75, 3.05) is 11.5 Å². The van der Waals surface area contributed by atoms with Crippen molar-refractivity contribution in [3.05, 3.63) is 100 Å². The van der Waals surface area contributed by atoms with Gasteiger partial charge in [0.15, 0.2) is 5.11 Å². The quantitative estimate of drug-likeness (QED) is 0.269. The molecule has 0 aliphatic carbocycles. The number of rotatable bonds is 6. The Hall–Kier alpha value is -3.16. The lowest BCUT2D eigenvalue weighted by Gasteiger charge is -2.26. The van der Waals surface area contributed by atoms with Crippen LogP contribution >= 0.6 is 28.1 Å². The molecule has 1 aliphatic heterocycles. The van der Waals surface area contributed by atoms with E-state index in [-0.39, 0.29) is 12.1 Å². The molecule has 2 aromatic carbocycles. The van der Waals surface area contributed by atoms with E-state index in [4.69, 9.17) is 21.4 Å². The summed E-state index contributed by atoms with van der Waals surface area (Å²) in [6.07, 6.45) is 1.80. The zero-order valence-electron chi connectivity index (χ0n) is 18.9. The van der Waals surface area contributed by atoms with Gasteiger partial charge >= 0.3 is 0 Å². The molecule has 2 atom stereocenters. The van der Waals surface area contributed by atoms with Crippen LogP contribution in [0.2, 0.25) is 0 Å². The maximum Gasteiger partial charge on any atom is 0.174 e. The number of hydrogen-bond acceptors (Lipinski definition) is 4. The van der Waals surface area contributed by atoms with E-state index >= 15 is 0 Å². The summed E-state index contributed by atoms with van der Waals surface area (Å²) in [5.74, 6) is 2.43. The molecule has 5 nitrogen and oxygen atoms in total. The van der Waals surface area contributed by atoms with Gasteiger partial charge in [0.2, 0.25) is 0 Å². The summed E-state index contributed by atoms with van der Waals surface area (Å²) in [6.45, 7) is 4.67. The van der Waals surface area contributed by atoms with Crippen LogP contribution in [-0.2, 0) is 0 Å². The Morgan fingerprint density at radius 1 is 1.09 bits per heavy atom. The number of nitrogens with one attached hydrogen (secondary N) is 1. The van der Waals surface area contributed by atoms with Crippen LogP contribution in [0.4, 0.5) is 5.69 Å². The minimum atomic E-state index is -0.210. The van der Waals surface area contributed by atoms with E-state index in [9.17, 15) is 0 Å². The number of halogens is 1. The Morgan fingerprint density at radius 2 is 1.91 bits per heavy atom. The van der Waals surface area contributed by atoms with Gasteiger partial charge in [-0.15, -0.1) is 0 Å². The van der Waals surface area contributed by atoms with Crippen molar-refractivity contribution in [1.82, 2.24) is 10.3 Å². The summed E-state index contributed by atoms with van der Waals surface area (Å²) < 4.78 is 13.1. The van der Waals surface area contributed by atoms with Crippen molar-refractivity contribution < 1.29 is 9.15 Å². The average Bonchev–Trinajstić information content (AvgIpc) is 3.45. The molecule has 3 heterocycles. The zero-order valence-corrected chi connectivity index (χ0v) is 21.3. The predicted molar refractivity (Wildman–Crippen MR) is 142 cm³/mol. The molecule has 1 aliphatic rings. The summed E-state index contributed by atoms with van der Waals surface area (Å²) in [4.78, 5) is 6.70. The molecule has 1 N–H and O–H groups in total. The third kappa shape index (κ3) is 4.33. The van der Waals surface area contributed by atoms with Crippen LogP contribution < -0.4 is 15.0 Å². The summed E-state index contributed by atoms with van der Waals surface area (Å²) >= 11 is 9.48. The first-order valence-electron chi connectivity index (χ1n) is 11.1. The minimum absolute atomic E-state index is 0.166. The lowest BCUT2D eigenvalue weighted by atomic mass is 10.0. The molecule has 2 aromatic heterocycles.